The summed E-state index contributed by atoms with van der Waals surface area (Å²) in [5, 5.41) is 11.4. The van der Waals surface area contributed by atoms with Gasteiger partial charge in [-0.3, -0.25) is 14.9 Å². The van der Waals surface area contributed by atoms with Gasteiger partial charge in [-0.1, -0.05) is 17.7 Å². The van der Waals surface area contributed by atoms with Gasteiger partial charge in [-0.05, 0) is 54.3 Å². The number of anilines is 1. The van der Waals surface area contributed by atoms with Crippen molar-refractivity contribution >= 4 is 68.3 Å². The number of carbonyl (C=O) groups excluding carboxylic acids is 1. The van der Waals surface area contributed by atoms with Gasteiger partial charge in [0.1, 0.15) is 12.9 Å². The lowest BCUT2D eigenvalue weighted by Crippen LogP contribution is -2.38. The molecule has 1 fully saturated rings. The molecular weight excluding hydrogens is 496 g/mol. The minimum absolute atomic E-state index is 0.00735. The Kier molecular flexibility index (Phi) is 7.15. The lowest BCUT2D eigenvalue weighted by molar-refractivity contribution is -0.122. The number of halogens is 1. The van der Waals surface area contributed by atoms with Crippen LogP contribution in [-0.4, -0.2) is 49.5 Å². The van der Waals surface area contributed by atoms with Crippen molar-refractivity contribution in [2.45, 2.75) is 23.9 Å². The van der Waals surface area contributed by atoms with Gasteiger partial charge < -0.3 is 14.8 Å². The number of aromatic nitrogens is 1. The maximum Gasteiger partial charge on any atom is 0.263 e. The first-order valence-corrected chi connectivity index (χ1v) is 12.7. The normalized spacial score (nSPS) is 16.6. The Morgan fingerprint density at radius 3 is 2.74 bits per heavy atom. The Hall–Kier alpha value is -3.02. The molecule has 1 atom stereocenters. The number of aliphatic imine (C=N–C) groups is 1. The Morgan fingerprint density at radius 2 is 2.00 bits per heavy atom. The molecule has 0 radical (unpaired) electrons. The third-order valence-electron chi connectivity index (χ3n) is 5.53. The Labute approximate surface area is 207 Å². The van der Waals surface area contributed by atoms with E-state index < -0.39 is 10.0 Å². The standard InChI is InChI=1S/C22H23ClN6O3S2/c23-16-2-1-15-7-9-29(20(15)11-16)13-21(30)26-17-8-10-28(12-17)18-3-5-19(6-4-18)34(31,32)27-22(33)25-14-24/h1-7,9,11,14,17H,8,10,12-13H2,(H,26,30)(H3,24,25,27,33)/t17-/m0/s1. The second-order valence-electron chi connectivity index (χ2n) is 7.83. The molecule has 1 aromatic heterocycles. The van der Waals surface area contributed by atoms with Crippen LogP contribution in [0.1, 0.15) is 6.42 Å². The molecule has 0 bridgehead atoms. The van der Waals surface area contributed by atoms with Crippen molar-refractivity contribution in [2.24, 2.45) is 4.99 Å². The number of sulfonamides is 1. The summed E-state index contributed by atoms with van der Waals surface area (Å²) < 4.78 is 28.8. The Morgan fingerprint density at radius 1 is 1.24 bits per heavy atom. The smallest absolute Gasteiger partial charge is 0.263 e. The lowest BCUT2D eigenvalue weighted by atomic mass is 10.2. The van der Waals surface area contributed by atoms with E-state index in [0.717, 1.165) is 29.6 Å². The number of hydrogen-bond donors (Lipinski definition) is 4. The largest absolute Gasteiger partial charge is 0.369 e. The average molecular weight is 519 g/mol. The van der Waals surface area contributed by atoms with Crippen LogP contribution in [0.15, 0.2) is 64.6 Å². The zero-order valence-corrected chi connectivity index (χ0v) is 20.4. The number of rotatable bonds is 7. The summed E-state index contributed by atoms with van der Waals surface area (Å²) in [7, 11) is -3.84. The van der Waals surface area contributed by atoms with Crippen LogP contribution in [0.5, 0.6) is 0 Å². The number of amidine groups is 1. The first-order valence-electron chi connectivity index (χ1n) is 10.4. The lowest BCUT2D eigenvalue weighted by Gasteiger charge is -2.19. The molecule has 178 valence electrons. The van der Waals surface area contributed by atoms with Crippen LogP contribution in [0.2, 0.25) is 5.02 Å². The highest BCUT2D eigenvalue weighted by molar-refractivity contribution is 8.00. The molecule has 3 aromatic rings. The molecule has 4 rings (SSSR count). The number of carbonyl (C=O) groups is 1. The molecular formula is C22H23ClN6O3S2. The third-order valence-corrected chi connectivity index (χ3v) is 7.50. The van der Waals surface area contributed by atoms with Crippen LogP contribution in [0.3, 0.4) is 0 Å². The van der Waals surface area contributed by atoms with E-state index in [1.807, 2.05) is 35.0 Å². The fourth-order valence-corrected chi connectivity index (χ4v) is 5.43. The van der Waals surface area contributed by atoms with E-state index >= 15 is 0 Å². The van der Waals surface area contributed by atoms with Gasteiger partial charge >= 0.3 is 0 Å². The highest BCUT2D eigenvalue weighted by atomic mass is 35.5. The zero-order chi connectivity index (χ0) is 24.3. The number of benzene rings is 2. The minimum atomic E-state index is -3.84. The van der Waals surface area contributed by atoms with E-state index in [4.69, 9.17) is 17.0 Å². The van der Waals surface area contributed by atoms with Crippen LogP contribution >= 0.6 is 24.2 Å². The van der Waals surface area contributed by atoms with Crippen molar-refractivity contribution in [1.82, 2.24) is 14.6 Å². The van der Waals surface area contributed by atoms with E-state index in [0.29, 0.717) is 17.9 Å². The van der Waals surface area contributed by atoms with Gasteiger partial charge in [0.05, 0.1) is 4.90 Å². The van der Waals surface area contributed by atoms with E-state index in [1.54, 1.807) is 12.1 Å². The van der Waals surface area contributed by atoms with Gasteiger partial charge in [0.15, 0.2) is 5.17 Å². The number of nitrogens with zero attached hydrogens (tertiary/aromatic N) is 3. The second-order valence-corrected chi connectivity index (χ2v) is 10.4. The van der Waals surface area contributed by atoms with Crippen molar-refractivity contribution in [1.29, 1.82) is 5.41 Å². The summed E-state index contributed by atoms with van der Waals surface area (Å²) in [4.78, 5) is 18.3. The highest BCUT2D eigenvalue weighted by Gasteiger charge is 2.25. The van der Waals surface area contributed by atoms with Gasteiger partial charge in [-0.15, -0.1) is 12.6 Å². The molecule has 1 amide bonds. The molecule has 34 heavy (non-hydrogen) atoms. The number of hydrogen-bond acceptors (Lipinski definition) is 5. The van der Waals surface area contributed by atoms with Gasteiger partial charge in [-0.25, -0.2) is 13.4 Å². The van der Waals surface area contributed by atoms with Crippen molar-refractivity contribution < 1.29 is 13.2 Å². The van der Waals surface area contributed by atoms with E-state index in [1.165, 1.54) is 12.1 Å². The number of nitrogens with one attached hydrogen (secondary N) is 3. The predicted molar refractivity (Wildman–Crippen MR) is 138 cm³/mol. The number of thiol groups is 1. The summed E-state index contributed by atoms with van der Waals surface area (Å²) in [6.07, 6.45) is 3.36. The molecule has 3 N–H and O–H groups in total. The molecule has 9 nitrogen and oxygen atoms in total. The molecule has 0 spiro atoms. The summed E-state index contributed by atoms with van der Waals surface area (Å²) in [5.74, 6) is -0.0778. The topological polar surface area (TPSA) is 120 Å². The maximum absolute atomic E-state index is 12.6. The quantitative estimate of drug-likeness (QED) is 0.218. The molecule has 1 saturated heterocycles. The van der Waals surface area contributed by atoms with Crippen LogP contribution in [0, 0.1) is 5.41 Å². The molecule has 0 aliphatic carbocycles. The van der Waals surface area contributed by atoms with Crippen LogP contribution in [0.25, 0.3) is 10.9 Å². The monoisotopic (exact) mass is 518 g/mol. The number of amides is 1. The Bertz CT molecular complexity index is 1350. The molecule has 0 unspecified atom stereocenters. The minimum Gasteiger partial charge on any atom is -0.369 e. The zero-order valence-electron chi connectivity index (χ0n) is 18.0. The molecule has 1 aliphatic rings. The SMILES string of the molecule is N=C/N=C(\S)NS(=O)(=O)c1ccc(N2CC[C@H](NC(=O)Cn3ccc4ccc(Cl)cc43)C2)cc1. The molecule has 1 aliphatic heterocycles. The van der Waals surface area contributed by atoms with Gasteiger partial charge in [0.2, 0.25) is 5.91 Å². The maximum atomic E-state index is 12.6. The van der Waals surface area contributed by atoms with Crippen LogP contribution < -0.4 is 14.9 Å². The highest BCUT2D eigenvalue weighted by Crippen LogP contribution is 2.23. The van der Waals surface area contributed by atoms with Crippen LogP contribution in [0.4, 0.5) is 5.69 Å². The summed E-state index contributed by atoms with van der Waals surface area (Å²) in [6, 6.07) is 14.0. The van der Waals surface area contributed by atoms with Crippen molar-refractivity contribution in [3.8, 4) is 0 Å². The predicted octanol–water partition coefficient (Wildman–Crippen LogP) is 2.86. The first kappa shape index (κ1) is 24.1. The van der Waals surface area contributed by atoms with Crippen molar-refractivity contribution in [3.05, 3.63) is 59.8 Å². The van der Waals surface area contributed by atoms with Crippen molar-refractivity contribution in [3.63, 3.8) is 0 Å². The average Bonchev–Trinajstić information content (AvgIpc) is 3.41. The van der Waals surface area contributed by atoms with E-state index in [2.05, 4.69) is 32.6 Å². The fourth-order valence-electron chi connectivity index (χ4n) is 3.94. The molecule has 2 aromatic carbocycles. The number of fused-ring (bicyclic) bond motifs is 1. The van der Waals surface area contributed by atoms with E-state index in [9.17, 15) is 13.2 Å². The van der Waals surface area contributed by atoms with E-state index in [-0.39, 0.29) is 28.6 Å². The summed E-state index contributed by atoms with van der Waals surface area (Å²) >= 11 is 9.98. The fraction of sp³-hybridized carbons (Fsp3) is 0.227. The second kappa shape index (κ2) is 10.1. The van der Waals surface area contributed by atoms with Crippen LogP contribution in [-0.2, 0) is 21.4 Å². The molecule has 0 saturated carbocycles. The van der Waals surface area contributed by atoms with Gasteiger partial charge in [0.25, 0.3) is 10.0 Å². The summed E-state index contributed by atoms with van der Waals surface area (Å²) in [5.41, 5.74) is 1.77. The van der Waals surface area contributed by atoms with Gasteiger partial charge in [-0.2, -0.15) is 0 Å². The Balaban J connectivity index is 1.35. The molecule has 12 heteroatoms. The third kappa shape index (κ3) is 5.54. The van der Waals surface area contributed by atoms with Gasteiger partial charge in [0, 0.05) is 41.6 Å². The van der Waals surface area contributed by atoms with Crippen molar-refractivity contribution in [2.75, 3.05) is 18.0 Å². The molecule has 2 heterocycles. The first-order chi connectivity index (χ1) is 16.2. The summed E-state index contributed by atoms with van der Waals surface area (Å²) in [6.45, 7) is 1.57.